The van der Waals surface area contributed by atoms with Crippen LogP contribution in [0.15, 0.2) is 82.3 Å². The van der Waals surface area contributed by atoms with Gasteiger partial charge < -0.3 is 9.73 Å². The van der Waals surface area contributed by atoms with Crippen molar-refractivity contribution >= 4 is 35.2 Å². The van der Waals surface area contributed by atoms with Crippen LogP contribution in [-0.4, -0.2) is 17.9 Å². The summed E-state index contributed by atoms with van der Waals surface area (Å²) in [5.41, 5.74) is 2.12. The van der Waals surface area contributed by atoms with Crippen LogP contribution in [0.25, 0.3) is 6.08 Å². The summed E-state index contributed by atoms with van der Waals surface area (Å²) >= 11 is 1.68. The molecule has 130 valence electrons. The van der Waals surface area contributed by atoms with E-state index in [1.165, 1.54) is 11.2 Å². The van der Waals surface area contributed by atoms with Gasteiger partial charge in [0.05, 0.1) is 6.26 Å². The van der Waals surface area contributed by atoms with E-state index in [0.29, 0.717) is 11.3 Å². The molecule has 0 bridgehead atoms. The summed E-state index contributed by atoms with van der Waals surface area (Å²) in [4.78, 5) is 25.4. The fraction of sp³-hybridized carbons (Fsp3) is 0.0476. The first kappa shape index (κ1) is 17.8. The number of benzene rings is 2. The van der Waals surface area contributed by atoms with Crippen LogP contribution in [0.3, 0.4) is 0 Å². The topological polar surface area (TPSA) is 59.3 Å². The van der Waals surface area contributed by atoms with E-state index in [2.05, 4.69) is 5.32 Å². The molecule has 0 aliphatic heterocycles. The van der Waals surface area contributed by atoms with Crippen molar-refractivity contribution < 1.29 is 14.0 Å². The highest BCUT2D eigenvalue weighted by Crippen LogP contribution is 2.16. The third kappa shape index (κ3) is 4.52. The second-order valence-electron chi connectivity index (χ2n) is 5.48. The summed E-state index contributed by atoms with van der Waals surface area (Å²) in [6.07, 6.45) is 6.80. The van der Waals surface area contributed by atoms with Crippen molar-refractivity contribution in [2.45, 2.75) is 4.90 Å². The Kier molecular flexibility index (Phi) is 5.71. The number of anilines is 1. The molecule has 0 saturated carbocycles. The molecule has 0 aliphatic rings. The molecule has 1 amide bonds. The smallest absolute Gasteiger partial charge is 0.291 e. The molecule has 0 unspecified atom stereocenters. The lowest BCUT2D eigenvalue weighted by Gasteiger charge is -2.04. The number of amides is 1. The first-order chi connectivity index (χ1) is 12.7. The molecule has 3 aromatic rings. The molecule has 3 rings (SSSR count). The van der Waals surface area contributed by atoms with Crippen LogP contribution in [-0.2, 0) is 0 Å². The molecule has 5 heteroatoms. The van der Waals surface area contributed by atoms with Crippen LogP contribution < -0.4 is 5.32 Å². The highest BCUT2D eigenvalue weighted by atomic mass is 32.2. The van der Waals surface area contributed by atoms with E-state index >= 15 is 0 Å². The highest BCUT2D eigenvalue weighted by molar-refractivity contribution is 7.98. The van der Waals surface area contributed by atoms with Gasteiger partial charge in [0, 0.05) is 16.1 Å². The van der Waals surface area contributed by atoms with E-state index in [0.717, 1.165) is 5.56 Å². The van der Waals surface area contributed by atoms with Crippen molar-refractivity contribution in [3.63, 3.8) is 0 Å². The van der Waals surface area contributed by atoms with E-state index in [-0.39, 0.29) is 17.5 Å². The van der Waals surface area contributed by atoms with Crippen LogP contribution in [0.5, 0.6) is 0 Å². The van der Waals surface area contributed by atoms with Crippen molar-refractivity contribution in [3.8, 4) is 0 Å². The number of rotatable bonds is 6. The van der Waals surface area contributed by atoms with E-state index in [1.807, 2.05) is 30.5 Å². The van der Waals surface area contributed by atoms with Gasteiger partial charge in [-0.1, -0.05) is 18.2 Å². The molecule has 26 heavy (non-hydrogen) atoms. The standard InChI is InChI=1S/C21H17NO3S/c1-26-18-11-4-15(5-12-18)6-13-19(23)16-7-9-17(10-8-16)22-21(24)20-3-2-14-25-20/h2-14H,1H3,(H,22,24)/b13-6+. The van der Waals surface area contributed by atoms with Gasteiger partial charge in [0.15, 0.2) is 11.5 Å². The normalized spacial score (nSPS) is 10.8. The number of hydrogen-bond donors (Lipinski definition) is 1. The van der Waals surface area contributed by atoms with Crippen molar-refractivity contribution in [2.24, 2.45) is 0 Å². The molecule has 2 aromatic carbocycles. The lowest BCUT2D eigenvalue weighted by atomic mass is 10.1. The maximum absolute atomic E-state index is 12.3. The first-order valence-electron chi connectivity index (χ1n) is 7.97. The molecule has 4 nitrogen and oxygen atoms in total. The minimum Gasteiger partial charge on any atom is -0.459 e. The maximum Gasteiger partial charge on any atom is 0.291 e. The molecular formula is C21H17NO3S. The van der Waals surface area contributed by atoms with Gasteiger partial charge in [0.1, 0.15) is 0 Å². The Balaban J connectivity index is 1.62. The lowest BCUT2D eigenvalue weighted by molar-refractivity contribution is 0.0996. The van der Waals surface area contributed by atoms with Gasteiger partial charge in [-0.2, -0.15) is 0 Å². The van der Waals surface area contributed by atoms with Crippen LogP contribution in [0.2, 0.25) is 0 Å². The van der Waals surface area contributed by atoms with Crippen LogP contribution in [0, 0.1) is 0 Å². The minimum absolute atomic E-state index is 0.0946. The molecule has 0 radical (unpaired) electrons. The van der Waals surface area contributed by atoms with Crippen molar-refractivity contribution in [1.29, 1.82) is 0 Å². The SMILES string of the molecule is CSc1ccc(/C=C/C(=O)c2ccc(NC(=O)c3ccco3)cc2)cc1. The van der Waals surface area contributed by atoms with Gasteiger partial charge in [0.25, 0.3) is 5.91 Å². The van der Waals surface area contributed by atoms with Crippen LogP contribution in [0.4, 0.5) is 5.69 Å². The van der Waals surface area contributed by atoms with Gasteiger partial charge in [0.2, 0.25) is 0 Å². The largest absolute Gasteiger partial charge is 0.459 e. The molecule has 0 spiro atoms. The van der Waals surface area contributed by atoms with E-state index in [9.17, 15) is 9.59 Å². The minimum atomic E-state index is -0.331. The van der Waals surface area contributed by atoms with Crippen molar-refractivity contribution in [2.75, 3.05) is 11.6 Å². The highest BCUT2D eigenvalue weighted by Gasteiger charge is 2.09. The molecule has 0 aliphatic carbocycles. The van der Waals surface area contributed by atoms with Gasteiger partial charge in [-0.3, -0.25) is 9.59 Å². The molecule has 1 heterocycles. The number of hydrogen-bond acceptors (Lipinski definition) is 4. The second-order valence-corrected chi connectivity index (χ2v) is 6.36. The van der Waals surface area contributed by atoms with Crippen molar-refractivity contribution in [1.82, 2.24) is 0 Å². The average Bonchev–Trinajstić information content (AvgIpc) is 3.22. The maximum atomic E-state index is 12.3. The molecule has 0 saturated heterocycles. The fourth-order valence-electron chi connectivity index (χ4n) is 2.30. The number of carbonyl (C=O) groups is 2. The number of carbonyl (C=O) groups excluding carboxylic acids is 2. The van der Waals surface area contributed by atoms with Crippen molar-refractivity contribution in [3.05, 3.63) is 89.9 Å². The Morgan fingerprint density at radius 2 is 1.73 bits per heavy atom. The summed E-state index contributed by atoms with van der Waals surface area (Å²) in [5, 5.41) is 2.72. The third-order valence-corrected chi connectivity index (χ3v) is 4.46. The molecule has 0 fully saturated rings. The van der Waals surface area contributed by atoms with Crippen LogP contribution >= 0.6 is 11.8 Å². The zero-order valence-corrected chi connectivity index (χ0v) is 15.0. The summed E-state index contributed by atoms with van der Waals surface area (Å²) < 4.78 is 5.04. The van der Waals surface area contributed by atoms with E-state index < -0.39 is 0 Å². The monoisotopic (exact) mass is 363 g/mol. The molecule has 1 aromatic heterocycles. The Hall–Kier alpha value is -3.05. The number of nitrogens with one attached hydrogen (secondary N) is 1. The Bertz CT molecular complexity index is 911. The number of thioether (sulfide) groups is 1. The zero-order valence-electron chi connectivity index (χ0n) is 14.1. The Labute approximate surface area is 155 Å². The fourth-order valence-corrected chi connectivity index (χ4v) is 2.71. The number of furan rings is 1. The summed E-state index contributed by atoms with van der Waals surface area (Å²) in [6.45, 7) is 0. The Morgan fingerprint density at radius 1 is 1.00 bits per heavy atom. The van der Waals surface area contributed by atoms with Gasteiger partial charge in [-0.05, 0) is 66.4 Å². The van der Waals surface area contributed by atoms with Crippen LogP contribution in [0.1, 0.15) is 26.5 Å². The molecule has 1 N–H and O–H groups in total. The van der Waals surface area contributed by atoms with E-state index in [4.69, 9.17) is 4.42 Å². The summed E-state index contributed by atoms with van der Waals surface area (Å²) in [7, 11) is 0. The zero-order chi connectivity index (χ0) is 18.4. The average molecular weight is 363 g/mol. The number of ketones is 1. The third-order valence-electron chi connectivity index (χ3n) is 3.72. The summed E-state index contributed by atoms with van der Waals surface area (Å²) in [5.74, 6) is -0.189. The van der Waals surface area contributed by atoms with Gasteiger partial charge in [-0.25, -0.2) is 0 Å². The molecule has 0 atom stereocenters. The number of allylic oxidation sites excluding steroid dienone is 1. The predicted molar refractivity (Wildman–Crippen MR) is 105 cm³/mol. The van der Waals surface area contributed by atoms with E-state index in [1.54, 1.807) is 60.3 Å². The van der Waals surface area contributed by atoms with Gasteiger partial charge in [-0.15, -0.1) is 11.8 Å². The lowest BCUT2D eigenvalue weighted by Crippen LogP contribution is -2.10. The first-order valence-corrected chi connectivity index (χ1v) is 9.19. The van der Waals surface area contributed by atoms with Gasteiger partial charge >= 0.3 is 0 Å². The molecular weight excluding hydrogens is 346 g/mol. The quantitative estimate of drug-likeness (QED) is 0.374. The summed E-state index contributed by atoms with van der Waals surface area (Å²) in [6, 6.07) is 18.0. The Morgan fingerprint density at radius 3 is 2.35 bits per heavy atom. The second kappa shape index (κ2) is 8.36. The predicted octanol–water partition coefficient (Wildman–Crippen LogP) is 5.15.